The molecular formula is C18H27NO. The van der Waals surface area contributed by atoms with Crippen molar-refractivity contribution in [1.82, 2.24) is 0 Å². The van der Waals surface area contributed by atoms with Crippen LogP contribution in [0.4, 0.5) is 5.69 Å². The molecule has 0 spiro atoms. The number of hydrogen-bond acceptors (Lipinski definition) is 2. The summed E-state index contributed by atoms with van der Waals surface area (Å²) >= 11 is 0. The molecule has 0 saturated heterocycles. The van der Waals surface area contributed by atoms with Gasteiger partial charge in [-0.15, -0.1) is 0 Å². The Hall–Kier alpha value is -1.31. The first-order valence-corrected chi connectivity index (χ1v) is 7.70. The summed E-state index contributed by atoms with van der Waals surface area (Å²) in [4.78, 5) is 13.9. The molecule has 1 aliphatic rings. The van der Waals surface area contributed by atoms with Gasteiger partial charge in [-0.3, -0.25) is 0 Å². The van der Waals surface area contributed by atoms with Crippen molar-refractivity contribution in [2.45, 2.75) is 46.5 Å². The predicted octanol–water partition coefficient (Wildman–Crippen LogP) is 4.14. The van der Waals surface area contributed by atoms with E-state index in [1.807, 2.05) is 0 Å². The number of rotatable bonds is 4. The molecule has 0 amide bonds. The maximum absolute atomic E-state index is 11.7. The van der Waals surface area contributed by atoms with Crippen molar-refractivity contribution >= 4 is 12.0 Å². The second kappa shape index (κ2) is 5.99. The van der Waals surface area contributed by atoms with Crippen LogP contribution in [-0.4, -0.2) is 19.9 Å². The highest BCUT2D eigenvalue weighted by molar-refractivity contribution is 5.63. The van der Waals surface area contributed by atoms with Gasteiger partial charge in [-0.05, 0) is 57.1 Å². The monoisotopic (exact) mass is 273 g/mol. The van der Waals surface area contributed by atoms with Crippen molar-refractivity contribution < 1.29 is 4.79 Å². The number of nitrogens with zero attached hydrogens (tertiary/aromatic N) is 1. The smallest absolute Gasteiger partial charge is 0.127 e. The van der Waals surface area contributed by atoms with Crippen LogP contribution in [-0.2, 0) is 4.79 Å². The van der Waals surface area contributed by atoms with Gasteiger partial charge in [-0.1, -0.05) is 24.6 Å². The fourth-order valence-electron chi connectivity index (χ4n) is 3.44. The Balaban J connectivity index is 2.13. The van der Waals surface area contributed by atoms with Crippen LogP contribution in [0.25, 0.3) is 0 Å². The molecule has 1 fully saturated rings. The minimum absolute atomic E-state index is 0.140. The van der Waals surface area contributed by atoms with Gasteiger partial charge in [0, 0.05) is 24.7 Å². The highest BCUT2D eigenvalue weighted by atomic mass is 16.1. The van der Waals surface area contributed by atoms with Gasteiger partial charge in [0.25, 0.3) is 0 Å². The molecule has 1 aliphatic carbocycles. The summed E-state index contributed by atoms with van der Waals surface area (Å²) in [6.45, 7) is 7.40. The van der Waals surface area contributed by atoms with Gasteiger partial charge >= 0.3 is 0 Å². The topological polar surface area (TPSA) is 20.3 Å². The van der Waals surface area contributed by atoms with E-state index in [-0.39, 0.29) is 5.41 Å². The van der Waals surface area contributed by atoms with E-state index in [1.165, 1.54) is 35.9 Å². The summed E-state index contributed by atoms with van der Waals surface area (Å²) in [7, 11) is 2.11. The van der Waals surface area contributed by atoms with Crippen LogP contribution in [0.5, 0.6) is 0 Å². The molecule has 2 heteroatoms. The minimum atomic E-state index is -0.140. The summed E-state index contributed by atoms with van der Waals surface area (Å²) in [5.74, 6) is 0.773. The number of carbonyl (C=O) groups is 1. The molecule has 0 aliphatic heterocycles. The average molecular weight is 273 g/mol. The third kappa shape index (κ3) is 3.23. The lowest BCUT2D eigenvalue weighted by Gasteiger charge is -2.38. The molecule has 0 N–H and O–H groups in total. The zero-order valence-corrected chi connectivity index (χ0v) is 13.3. The SMILES string of the molecule is Cc1ccc(N(C)CC2(C=O)CCC(C)CC2)c(C)c1. The number of hydrogen-bond donors (Lipinski definition) is 0. The molecule has 2 nitrogen and oxygen atoms in total. The van der Waals surface area contributed by atoms with Crippen molar-refractivity contribution in [3.8, 4) is 0 Å². The zero-order chi connectivity index (χ0) is 14.8. The third-order valence-electron chi connectivity index (χ3n) is 4.84. The lowest BCUT2D eigenvalue weighted by molar-refractivity contribution is -0.117. The summed E-state index contributed by atoms with van der Waals surface area (Å²) in [5.41, 5.74) is 3.68. The van der Waals surface area contributed by atoms with E-state index >= 15 is 0 Å². The van der Waals surface area contributed by atoms with Crippen LogP contribution in [0.2, 0.25) is 0 Å². The third-order valence-corrected chi connectivity index (χ3v) is 4.84. The van der Waals surface area contributed by atoms with Crippen LogP contribution in [0.15, 0.2) is 18.2 Å². The molecule has 1 aromatic rings. The number of anilines is 1. The molecular weight excluding hydrogens is 246 g/mol. The van der Waals surface area contributed by atoms with Gasteiger partial charge in [0.05, 0.1) is 0 Å². The summed E-state index contributed by atoms with van der Waals surface area (Å²) in [5, 5.41) is 0. The molecule has 110 valence electrons. The Bertz CT molecular complexity index is 472. The average Bonchev–Trinajstić information content (AvgIpc) is 2.41. The molecule has 2 rings (SSSR count). The van der Waals surface area contributed by atoms with Crippen molar-refractivity contribution in [2.75, 3.05) is 18.5 Å². The Morgan fingerprint density at radius 2 is 1.95 bits per heavy atom. The van der Waals surface area contributed by atoms with Gasteiger partial charge in [-0.2, -0.15) is 0 Å². The van der Waals surface area contributed by atoms with Crippen LogP contribution in [0.3, 0.4) is 0 Å². The normalized spacial score (nSPS) is 26.3. The van der Waals surface area contributed by atoms with Crippen molar-refractivity contribution in [2.24, 2.45) is 11.3 Å². The Morgan fingerprint density at radius 1 is 1.30 bits per heavy atom. The molecule has 0 bridgehead atoms. The Kier molecular flexibility index (Phi) is 4.52. The molecule has 1 saturated carbocycles. The molecule has 0 atom stereocenters. The highest BCUT2D eigenvalue weighted by Crippen LogP contribution is 2.38. The number of benzene rings is 1. The Labute approximate surface area is 123 Å². The number of aldehydes is 1. The largest absolute Gasteiger partial charge is 0.373 e. The van der Waals surface area contributed by atoms with Crippen LogP contribution in [0, 0.1) is 25.2 Å². The zero-order valence-electron chi connectivity index (χ0n) is 13.3. The summed E-state index contributed by atoms with van der Waals surface area (Å²) in [6.07, 6.45) is 5.65. The van der Waals surface area contributed by atoms with Gasteiger partial charge < -0.3 is 9.69 Å². The molecule has 0 radical (unpaired) electrons. The Morgan fingerprint density at radius 3 is 2.50 bits per heavy atom. The molecule has 1 aromatic carbocycles. The maximum Gasteiger partial charge on any atom is 0.127 e. The van der Waals surface area contributed by atoms with Gasteiger partial charge in [0.15, 0.2) is 0 Å². The van der Waals surface area contributed by atoms with E-state index in [1.54, 1.807) is 0 Å². The molecule has 20 heavy (non-hydrogen) atoms. The second-order valence-electron chi connectivity index (χ2n) is 6.81. The van der Waals surface area contributed by atoms with Crippen LogP contribution >= 0.6 is 0 Å². The fraction of sp³-hybridized carbons (Fsp3) is 0.611. The minimum Gasteiger partial charge on any atom is -0.373 e. The van der Waals surface area contributed by atoms with Crippen LogP contribution < -0.4 is 4.90 Å². The van der Waals surface area contributed by atoms with Gasteiger partial charge in [0.1, 0.15) is 6.29 Å². The van der Waals surface area contributed by atoms with Crippen molar-refractivity contribution in [3.63, 3.8) is 0 Å². The summed E-state index contributed by atoms with van der Waals surface area (Å²) in [6, 6.07) is 6.53. The fourth-order valence-corrected chi connectivity index (χ4v) is 3.44. The lowest BCUT2D eigenvalue weighted by atomic mass is 9.71. The first kappa shape index (κ1) is 15.1. The second-order valence-corrected chi connectivity index (χ2v) is 6.81. The van der Waals surface area contributed by atoms with Gasteiger partial charge in [0.2, 0.25) is 0 Å². The van der Waals surface area contributed by atoms with E-state index in [2.05, 4.69) is 50.9 Å². The maximum atomic E-state index is 11.7. The van der Waals surface area contributed by atoms with E-state index in [4.69, 9.17) is 0 Å². The van der Waals surface area contributed by atoms with E-state index in [9.17, 15) is 4.79 Å². The van der Waals surface area contributed by atoms with Gasteiger partial charge in [-0.25, -0.2) is 0 Å². The number of aryl methyl sites for hydroxylation is 2. The van der Waals surface area contributed by atoms with E-state index < -0.39 is 0 Å². The van der Waals surface area contributed by atoms with E-state index in [0.29, 0.717) is 0 Å². The molecule has 0 heterocycles. The summed E-state index contributed by atoms with van der Waals surface area (Å²) < 4.78 is 0. The molecule has 0 aromatic heterocycles. The lowest BCUT2D eigenvalue weighted by Crippen LogP contribution is -2.40. The van der Waals surface area contributed by atoms with E-state index in [0.717, 1.165) is 25.3 Å². The first-order valence-electron chi connectivity index (χ1n) is 7.70. The molecule has 0 unspecified atom stereocenters. The standard InChI is InChI=1S/C18H27NO/c1-14-7-9-18(13-20,10-8-14)12-19(4)17-6-5-15(2)11-16(17)3/h5-6,11,13-14H,7-10,12H2,1-4H3. The van der Waals surface area contributed by atoms with Crippen molar-refractivity contribution in [3.05, 3.63) is 29.3 Å². The first-order chi connectivity index (χ1) is 9.46. The van der Waals surface area contributed by atoms with Crippen LogP contribution in [0.1, 0.15) is 43.7 Å². The highest BCUT2D eigenvalue weighted by Gasteiger charge is 2.35. The van der Waals surface area contributed by atoms with Crippen molar-refractivity contribution in [1.29, 1.82) is 0 Å². The quantitative estimate of drug-likeness (QED) is 0.769. The number of carbonyl (C=O) groups excluding carboxylic acids is 1. The predicted molar refractivity (Wildman–Crippen MR) is 85.3 cm³/mol.